The lowest BCUT2D eigenvalue weighted by molar-refractivity contribution is 0.958. The molecule has 11 heavy (non-hydrogen) atoms. The molecule has 0 aromatic carbocycles. The van der Waals surface area contributed by atoms with E-state index in [1.807, 2.05) is 0 Å². The fourth-order valence-electron chi connectivity index (χ4n) is 0.682. The standard InChI is InChI=1S/C5H9N5O/c1-10(7)4-3(6)5(11)9-2-8-4/h2H,6-7H2,1H3,(H,8,9,11). The van der Waals surface area contributed by atoms with E-state index >= 15 is 0 Å². The maximum atomic E-state index is 10.8. The number of aromatic amines is 1. The second-order valence-electron chi connectivity index (χ2n) is 2.08. The molecule has 0 bridgehead atoms. The van der Waals surface area contributed by atoms with Crippen LogP contribution in [-0.2, 0) is 0 Å². The van der Waals surface area contributed by atoms with Crippen molar-refractivity contribution in [3.63, 3.8) is 0 Å². The van der Waals surface area contributed by atoms with Crippen LogP contribution in [0.25, 0.3) is 0 Å². The number of hydrazine groups is 1. The van der Waals surface area contributed by atoms with Gasteiger partial charge in [-0.1, -0.05) is 0 Å². The molecule has 0 spiro atoms. The number of H-pyrrole nitrogens is 1. The Morgan fingerprint density at radius 3 is 2.82 bits per heavy atom. The second kappa shape index (κ2) is 2.59. The Hall–Kier alpha value is -1.56. The topological polar surface area (TPSA) is 101 Å². The van der Waals surface area contributed by atoms with Crippen LogP contribution in [0.4, 0.5) is 11.5 Å². The van der Waals surface area contributed by atoms with Gasteiger partial charge in [-0.15, -0.1) is 0 Å². The van der Waals surface area contributed by atoms with Crippen LogP contribution in [0.15, 0.2) is 11.1 Å². The average molecular weight is 155 g/mol. The number of nitrogens with one attached hydrogen (secondary N) is 1. The first-order chi connectivity index (χ1) is 5.13. The molecule has 0 amide bonds. The highest BCUT2D eigenvalue weighted by molar-refractivity contribution is 5.59. The summed E-state index contributed by atoms with van der Waals surface area (Å²) >= 11 is 0. The molecular formula is C5H9N5O. The van der Waals surface area contributed by atoms with Crippen molar-refractivity contribution in [3.8, 4) is 0 Å². The van der Waals surface area contributed by atoms with Gasteiger partial charge in [0.05, 0.1) is 6.33 Å². The van der Waals surface area contributed by atoms with Crippen molar-refractivity contribution in [2.45, 2.75) is 0 Å². The molecule has 6 nitrogen and oxygen atoms in total. The quantitative estimate of drug-likeness (QED) is 0.344. The Bertz CT molecular complexity index is 304. The molecule has 0 aliphatic carbocycles. The number of nitrogens with two attached hydrogens (primary N) is 2. The van der Waals surface area contributed by atoms with Gasteiger partial charge in [0, 0.05) is 7.05 Å². The summed E-state index contributed by atoms with van der Waals surface area (Å²) in [7, 11) is 1.55. The minimum atomic E-state index is -0.382. The van der Waals surface area contributed by atoms with Crippen molar-refractivity contribution in [1.82, 2.24) is 9.97 Å². The van der Waals surface area contributed by atoms with Gasteiger partial charge in [-0.05, 0) is 0 Å². The summed E-state index contributed by atoms with van der Waals surface area (Å²) in [5.41, 5.74) is 5.00. The molecule has 0 atom stereocenters. The van der Waals surface area contributed by atoms with Gasteiger partial charge in [0.15, 0.2) is 5.82 Å². The summed E-state index contributed by atoms with van der Waals surface area (Å²) in [6.45, 7) is 0. The third-order valence-electron chi connectivity index (χ3n) is 1.20. The summed E-state index contributed by atoms with van der Waals surface area (Å²) in [5, 5.41) is 1.19. The van der Waals surface area contributed by atoms with E-state index in [1.165, 1.54) is 11.3 Å². The molecule has 60 valence electrons. The minimum Gasteiger partial charge on any atom is -0.391 e. The number of aromatic nitrogens is 2. The number of hydrogen-bond donors (Lipinski definition) is 3. The van der Waals surface area contributed by atoms with Gasteiger partial charge in [-0.2, -0.15) is 0 Å². The van der Waals surface area contributed by atoms with Crippen LogP contribution >= 0.6 is 0 Å². The smallest absolute Gasteiger partial charge is 0.276 e. The first-order valence-corrected chi connectivity index (χ1v) is 2.94. The van der Waals surface area contributed by atoms with Crippen molar-refractivity contribution in [2.75, 3.05) is 17.8 Å². The molecule has 0 radical (unpaired) electrons. The van der Waals surface area contributed by atoms with Gasteiger partial charge >= 0.3 is 0 Å². The third-order valence-corrected chi connectivity index (χ3v) is 1.20. The lowest BCUT2D eigenvalue weighted by Gasteiger charge is -2.10. The zero-order valence-electron chi connectivity index (χ0n) is 6.03. The van der Waals surface area contributed by atoms with Gasteiger partial charge in [-0.25, -0.2) is 10.8 Å². The summed E-state index contributed by atoms with van der Waals surface area (Å²) in [6.07, 6.45) is 1.25. The van der Waals surface area contributed by atoms with Gasteiger partial charge in [0.1, 0.15) is 5.69 Å². The van der Waals surface area contributed by atoms with Crippen molar-refractivity contribution < 1.29 is 0 Å². The number of nitrogen functional groups attached to an aromatic ring is 1. The molecule has 0 aliphatic heterocycles. The van der Waals surface area contributed by atoms with Crippen molar-refractivity contribution in [1.29, 1.82) is 0 Å². The lowest BCUT2D eigenvalue weighted by Crippen LogP contribution is -2.29. The van der Waals surface area contributed by atoms with Crippen LogP contribution in [0.3, 0.4) is 0 Å². The van der Waals surface area contributed by atoms with Gasteiger partial charge in [-0.3, -0.25) is 9.80 Å². The molecule has 1 aromatic heterocycles. The highest BCUT2D eigenvalue weighted by Crippen LogP contribution is 2.08. The second-order valence-corrected chi connectivity index (χ2v) is 2.08. The summed E-state index contributed by atoms with van der Waals surface area (Å²) in [4.78, 5) is 16.9. The largest absolute Gasteiger partial charge is 0.391 e. The van der Waals surface area contributed by atoms with E-state index in [9.17, 15) is 4.79 Å². The zero-order chi connectivity index (χ0) is 8.43. The molecular weight excluding hydrogens is 146 g/mol. The molecule has 0 saturated carbocycles. The van der Waals surface area contributed by atoms with Crippen LogP contribution in [0.2, 0.25) is 0 Å². The molecule has 6 heteroatoms. The predicted molar refractivity (Wildman–Crippen MR) is 41.9 cm³/mol. The lowest BCUT2D eigenvalue weighted by atomic mass is 10.5. The third kappa shape index (κ3) is 1.30. The first kappa shape index (κ1) is 7.55. The molecule has 5 N–H and O–H groups in total. The molecule has 1 aromatic rings. The average Bonchev–Trinajstić information content (AvgIpc) is 1.94. The van der Waals surface area contributed by atoms with Crippen LogP contribution in [0, 0.1) is 0 Å². The number of anilines is 2. The maximum Gasteiger partial charge on any atom is 0.276 e. The van der Waals surface area contributed by atoms with Crippen LogP contribution < -0.4 is 22.1 Å². The Morgan fingerprint density at radius 2 is 2.36 bits per heavy atom. The van der Waals surface area contributed by atoms with Gasteiger partial charge < -0.3 is 10.7 Å². The summed E-state index contributed by atoms with van der Waals surface area (Å²) in [6, 6.07) is 0. The van der Waals surface area contributed by atoms with Crippen LogP contribution in [-0.4, -0.2) is 17.0 Å². The van der Waals surface area contributed by atoms with E-state index in [-0.39, 0.29) is 17.1 Å². The number of rotatable bonds is 1. The van der Waals surface area contributed by atoms with E-state index in [4.69, 9.17) is 11.6 Å². The highest BCUT2D eigenvalue weighted by atomic mass is 16.1. The van der Waals surface area contributed by atoms with E-state index in [0.717, 1.165) is 0 Å². The molecule has 1 rings (SSSR count). The van der Waals surface area contributed by atoms with E-state index in [1.54, 1.807) is 7.05 Å². The van der Waals surface area contributed by atoms with Gasteiger partial charge in [0.2, 0.25) is 0 Å². The van der Waals surface area contributed by atoms with Crippen LogP contribution in [0.1, 0.15) is 0 Å². The van der Waals surface area contributed by atoms with Crippen molar-refractivity contribution in [2.24, 2.45) is 5.84 Å². The summed E-state index contributed by atoms with van der Waals surface area (Å²) < 4.78 is 0. The monoisotopic (exact) mass is 155 g/mol. The van der Waals surface area contributed by atoms with E-state index in [2.05, 4.69) is 9.97 Å². The Balaban J connectivity index is 3.28. The highest BCUT2D eigenvalue weighted by Gasteiger charge is 2.04. The zero-order valence-corrected chi connectivity index (χ0v) is 6.03. The Kier molecular flexibility index (Phi) is 1.77. The fourth-order valence-corrected chi connectivity index (χ4v) is 0.682. The normalized spacial score (nSPS) is 9.64. The van der Waals surface area contributed by atoms with E-state index in [0.29, 0.717) is 0 Å². The fraction of sp³-hybridized carbons (Fsp3) is 0.200. The number of hydrogen-bond acceptors (Lipinski definition) is 5. The summed E-state index contributed by atoms with van der Waals surface area (Å²) in [5.74, 6) is 5.59. The van der Waals surface area contributed by atoms with Crippen LogP contribution in [0.5, 0.6) is 0 Å². The molecule has 0 aliphatic rings. The molecule has 0 saturated heterocycles. The van der Waals surface area contributed by atoms with E-state index < -0.39 is 0 Å². The molecule has 0 unspecified atom stereocenters. The predicted octanol–water partition coefficient (Wildman–Crippen LogP) is -1.34. The minimum absolute atomic E-state index is 0.0255. The van der Waals surface area contributed by atoms with Crippen molar-refractivity contribution in [3.05, 3.63) is 16.7 Å². The molecule has 0 fully saturated rings. The maximum absolute atomic E-state index is 10.8. The number of nitrogens with zero attached hydrogens (tertiary/aromatic N) is 2. The molecule has 1 heterocycles. The Morgan fingerprint density at radius 1 is 1.73 bits per heavy atom. The SMILES string of the molecule is CN(N)c1nc[nH]c(=O)c1N. The van der Waals surface area contributed by atoms with Gasteiger partial charge in [0.25, 0.3) is 5.56 Å². The first-order valence-electron chi connectivity index (χ1n) is 2.94. The Labute approximate surface area is 62.8 Å². The van der Waals surface area contributed by atoms with Crippen molar-refractivity contribution >= 4 is 11.5 Å².